The van der Waals surface area contributed by atoms with E-state index in [-0.39, 0.29) is 6.04 Å². The summed E-state index contributed by atoms with van der Waals surface area (Å²) in [6, 6.07) is 0.0662. The second-order valence-corrected chi connectivity index (χ2v) is 5.37. The lowest BCUT2D eigenvalue weighted by Crippen LogP contribution is -2.28. The zero-order chi connectivity index (χ0) is 12.3. The first-order valence-corrected chi connectivity index (χ1v) is 6.64. The van der Waals surface area contributed by atoms with Crippen molar-refractivity contribution < 1.29 is 0 Å². The van der Waals surface area contributed by atoms with Crippen LogP contribution in [0, 0.1) is 5.92 Å². The van der Waals surface area contributed by atoms with Crippen LogP contribution in [0.4, 0.5) is 0 Å². The Kier molecular flexibility index (Phi) is 4.18. The van der Waals surface area contributed by atoms with E-state index in [0.717, 1.165) is 12.2 Å². The van der Waals surface area contributed by atoms with Crippen molar-refractivity contribution in [2.45, 2.75) is 39.3 Å². The molecule has 1 saturated heterocycles. The van der Waals surface area contributed by atoms with Crippen molar-refractivity contribution in [2.75, 3.05) is 19.6 Å². The Morgan fingerprint density at radius 2 is 2.00 bits per heavy atom. The molecule has 0 aliphatic carbocycles. The maximum atomic E-state index is 5.93. The number of imidazole rings is 1. The molecular formula is C13H24N4. The Hall–Kier alpha value is -0.870. The molecule has 2 atom stereocenters. The minimum atomic E-state index is 0.0662. The van der Waals surface area contributed by atoms with Crippen molar-refractivity contribution in [1.29, 1.82) is 0 Å². The van der Waals surface area contributed by atoms with E-state index in [2.05, 4.69) is 21.4 Å². The van der Waals surface area contributed by atoms with Crippen LogP contribution in [0.5, 0.6) is 0 Å². The minimum absolute atomic E-state index is 0.0662. The number of nitrogens with zero attached hydrogens (tertiary/aromatic N) is 3. The van der Waals surface area contributed by atoms with Gasteiger partial charge in [0.05, 0.1) is 12.0 Å². The highest BCUT2D eigenvalue weighted by Gasteiger charge is 2.16. The molecule has 17 heavy (non-hydrogen) atoms. The normalized spacial score (nSPS) is 20.6. The van der Waals surface area contributed by atoms with Gasteiger partial charge in [0.2, 0.25) is 0 Å². The number of hydrogen-bond acceptors (Lipinski definition) is 3. The van der Waals surface area contributed by atoms with Gasteiger partial charge in [0.1, 0.15) is 0 Å². The summed E-state index contributed by atoms with van der Waals surface area (Å²) >= 11 is 0. The molecule has 4 nitrogen and oxygen atoms in total. The van der Waals surface area contributed by atoms with Gasteiger partial charge in [0.25, 0.3) is 0 Å². The zero-order valence-electron chi connectivity index (χ0n) is 11.0. The van der Waals surface area contributed by atoms with Gasteiger partial charge in [-0.2, -0.15) is 0 Å². The molecule has 1 aliphatic rings. The van der Waals surface area contributed by atoms with Crippen molar-refractivity contribution >= 4 is 0 Å². The van der Waals surface area contributed by atoms with Crippen molar-refractivity contribution in [3.05, 3.63) is 18.2 Å². The number of likely N-dealkylation sites (tertiary alicyclic amines) is 1. The molecule has 0 spiro atoms. The largest absolute Gasteiger partial charge is 0.333 e. The molecule has 0 saturated carbocycles. The molecule has 1 aromatic heterocycles. The molecule has 0 bridgehead atoms. The van der Waals surface area contributed by atoms with Gasteiger partial charge >= 0.3 is 0 Å². The Labute approximate surface area is 104 Å². The fourth-order valence-corrected chi connectivity index (χ4v) is 2.66. The molecule has 2 rings (SSSR count). The molecule has 1 unspecified atom stereocenters. The predicted octanol–water partition coefficient (Wildman–Crippen LogP) is 1.63. The molecule has 2 N–H and O–H groups in total. The van der Waals surface area contributed by atoms with Gasteiger partial charge < -0.3 is 15.2 Å². The highest BCUT2D eigenvalue weighted by Crippen LogP contribution is 2.14. The highest BCUT2D eigenvalue weighted by atomic mass is 15.1. The van der Waals surface area contributed by atoms with E-state index < -0.39 is 0 Å². The lowest BCUT2D eigenvalue weighted by molar-refractivity contribution is 0.270. The quantitative estimate of drug-likeness (QED) is 0.845. The summed E-state index contributed by atoms with van der Waals surface area (Å²) in [4.78, 5) is 6.76. The first-order valence-electron chi connectivity index (χ1n) is 6.64. The third-order valence-corrected chi connectivity index (χ3v) is 3.49. The first kappa shape index (κ1) is 12.6. The Morgan fingerprint density at radius 3 is 2.65 bits per heavy atom. The number of nitrogens with two attached hydrogens (primary N) is 1. The van der Waals surface area contributed by atoms with Crippen molar-refractivity contribution in [3.8, 4) is 0 Å². The van der Waals surface area contributed by atoms with Gasteiger partial charge in [0, 0.05) is 25.3 Å². The summed E-state index contributed by atoms with van der Waals surface area (Å²) in [5.41, 5.74) is 7.06. The van der Waals surface area contributed by atoms with Crippen molar-refractivity contribution in [2.24, 2.45) is 11.7 Å². The fraction of sp³-hybridized carbons (Fsp3) is 0.769. The van der Waals surface area contributed by atoms with Gasteiger partial charge in [-0.15, -0.1) is 0 Å². The molecule has 96 valence electrons. The highest BCUT2D eigenvalue weighted by molar-refractivity contribution is 5.03. The van der Waals surface area contributed by atoms with E-state index in [1.54, 1.807) is 0 Å². The van der Waals surface area contributed by atoms with Crippen molar-refractivity contribution in [1.82, 2.24) is 14.5 Å². The van der Waals surface area contributed by atoms with Crippen LogP contribution in [-0.4, -0.2) is 34.1 Å². The summed E-state index contributed by atoms with van der Waals surface area (Å²) in [5.74, 6) is 0.653. The summed E-state index contributed by atoms with van der Waals surface area (Å²) in [6.07, 6.45) is 6.51. The van der Waals surface area contributed by atoms with Crippen LogP contribution in [0.2, 0.25) is 0 Å². The average Bonchev–Trinajstić information content (AvgIpc) is 2.88. The molecule has 0 aromatic carbocycles. The van der Waals surface area contributed by atoms with Crippen LogP contribution in [0.25, 0.3) is 0 Å². The first-order chi connectivity index (χ1) is 8.16. The second kappa shape index (κ2) is 5.65. The molecule has 0 amide bonds. The van der Waals surface area contributed by atoms with Gasteiger partial charge in [-0.3, -0.25) is 0 Å². The average molecular weight is 236 g/mol. The second-order valence-electron chi connectivity index (χ2n) is 5.37. The minimum Gasteiger partial charge on any atom is -0.333 e. The third kappa shape index (κ3) is 3.30. The maximum Gasteiger partial charge on any atom is 0.0948 e. The van der Waals surface area contributed by atoms with Crippen LogP contribution in [0.3, 0.4) is 0 Å². The molecule has 4 heteroatoms. The van der Waals surface area contributed by atoms with E-state index in [9.17, 15) is 0 Å². The zero-order valence-corrected chi connectivity index (χ0v) is 11.0. The van der Waals surface area contributed by atoms with Gasteiger partial charge in [-0.05, 0) is 38.8 Å². The van der Waals surface area contributed by atoms with E-state index in [0.29, 0.717) is 5.92 Å². The Bertz CT molecular complexity index is 339. The molecule has 2 heterocycles. The molecule has 1 aliphatic heterocycles. The van der Waals surface area contributed by atoms with E-state index in [1.807, 2.05) is 19.4 Å². The number of rotatable bonds is 5. The van der Waals surface area contributed by atoms with Crippen LogP contribution < -0.4 is 5.73 Å². The standard InChI is InChI=1S/C13H24N4/c1-11(8-16-5-3-4-6-16)9-17-10-15-7-13(17)12(2)14/h7,10-12H,3-6,8-9,14H2,1-2H3/t11?,12-/m0/s1. The topological polar surface area (TPSA) is 47.1 Å². The van der Waals surface area contributed by atoms with E-state index >= 15 is 0 Å². The van der Waals surface area contributed by atoms with E-state index in [1.165, 1.54) is 32.5 Å². The fourth-order valence-electron chi connectivity index (χ4n) is 2.66. The molecule has 1 fully saturated rings. The summed E-state index contributed by atoms with van der Waals surface area (Å²) < 4.78 is 2.20. The maximum absolute atomic E-state index is 5.93. The van der Waals surface area contributed by atoms with Crippen molar-refractivity contribution in [3.63, 3.8) is 0 Å². The monoisotopic (exact) mass is 236 g/mol. The lowest BCUT2D eigenvalue weighted by Gasteiger charge is -2.21. The Morgan fingerprint density at radius 1 is 1.29 bits per heavy atom. The van der Waals surface area contributed by atoms with Crippen LogP contribution in [0.1, 0.15) is 38.4 Å². The Balaban J connectivity index is 1.88. The smallest absolute Gasteiger partial charge is 0.0948 e. The predicted molar refractivity (Wildman–Crippen MR) is 69.7 cm³/mol. The summed E-state index contributed by atoms with van der Waals surface area (Å²) in [7, 11) is 0. The summed E-state index contributed by atoms with van der Waals surface area (Å²) in [5, 5.41) is 0. The van der Waals surface area contributed by atoms with Crippen LogP contribution >= 0.6 is 0 Å². The van der Waals surface area contributed by atoms with Gasteiger partial charge in [-0.1, -0.05) is 6.92 Å². The van der Waals surface area contributed by atoms with Crippen LogP contribution in [0.15, 0.2) is 12.5 Å². The SMILES string of the molecule is CC(CN1CCCC1)Cn1cncc1[C@H](C)N. The van der Waals surface area contributed by atoms with Crippen LogP contribution in [-0.2, 0) is 6.54 Å². The molecule has 1 aromatic rings. The molecular weight excluding hydrogens is 212 g/mol. The number of aromatic nitrogens is 2. The van der Waals surface area contributed by atoms with Gasteiger partial charge in [-0.25, -0.2) is 4.98 Å². The lowest BCUT2D eigenvalue weighted by atomic mass is 10.1. The third-order valence-electron chi connectivity index (χ3n) is 3.49. The summed E-state index contributed by atoms with van der Waals surface area (Å²) in [6.45, 7) is 9.08. The van der Waals surface area contributed by atoms with E-state index in [4.69, 9.17) is 5.73 Å². The number of hydrogen-bond donors (Lipinski definition) is 1. The van der Waals surface area contributed by atoms with Gasteiger partial charge in [0.15, 0.2) is 0 Å². The molecule has 0 radical (unpaired) electrons.